The van der Waals surface area contributed by atoms with Gasteiger partial charge in [-0.15, -0.1) is 0 Å². The summed E-state index contributed by atoms with van der Waals surface area (Å²) in [6.45, 7) is 14.8. The molecule has 1 heterocycles. The lowest BCUT2D eigenvalue weighted by molar-refractivity contribution is -0.0563. The predicted molar refractivity (Wildman–Crippen MR) is 141 cm³/mol. The minimum absolute atomic E-state index is 0.537. The maximum absolute atomic E-state index is 2.90. The summed E-state index contributed by atoms with van der Waals surface area (Å²) < 4.78 is 0. The lowest BCUT2D eigenvalue weighted by atomic mass is 9.48. The average molecular weight is 463 g/mol. The summed E-state index contributed by atoms with van der Waals surface area (Å²) in [5, 5.41) is 0. The number of hydrogen-bond acceptors (Lipinski definition) is 2. The lowest BCUT2D eigenvalue weighted by Gasteiger charge is -2.61. The Balaban J connectivity index is 1.11. The van der Waals surface area contributed by atoms with Gasteiger partial charge < -0.3 is 9.80 Å². The van der Waals surface area contributed by atoms with Gasteiger partial charge in [-0.1, -0.05) is 11.1 Å². The standard InChI is InChI=1S/C32H50N2/c1-21(2)29(31-15-23-9-24(16-31)11-25(10-23)17-31)33-5-7-34(8-6-33)30(22(3)4)32-18-26-12-27(19-32)14-28(13-26)20-32/h23-28H,5-20H2,1-4H3. The van der Waals surface area contributed by atoms with Crippen LogP contribution in [0.5, 0.6) is 0 Å². The molecule has 0 atom stereocenters. The van der Waals surface area contributed by atoms with Crippen molar-refractivity contribution in [3.63, 3.8) is 0 Å². The van der Waals surface area contributed by atoms with E-state index in [9.17, 15) is 0 Å². The fraction of sp³-hybridized carbons (Fsp3) is 0.875. The second-order valence-electron chi connectivity index (χ2n) is 15.1. The monoisotopic (exact) mass is 462 g/mol. The fourth-order valence-corrected chi connectivity index (χ4v) is 12.3. The molecule has 0 aromatic carbocycles. The van der Waals surface area contributed by atoms with E-state index in [1.807, 2.05) is 11.4 Å². The zero-order valence-corrected chi connectivity index (χ0v) is 22.7. The molecule has 9 rings (SSSR count). The van der Waals surface area contributed by atoms with E-state index in [1.54, 1.807) is 49.7 Å². The molecule has 1 aliphatic heterocycles. The second kappa shape index (κ2) is 7.79. The van der Waals surface area contributed by atoms with Crippen LogP contribution in [0, 0.1) is 46.3 Å². The Hall–Kier alpha value is -0.920. The Morgan fingerprint density at radius 3 is 0.882 bits per heavy atom. The van der Waals surface area contributed by atoms with Crippen LogP contribution in [0.25, 0.3) is 0 Å². The van der Waals surface area contributed by atoms with Crippen LogP contribution in [0.15, 0.2) is 22.5 Å². The van der Waals surface area contributed by atoms with E-state index >= 15 is 0 Å². The molecule has 0 aromatic rings. The Morgan fingerprint density at radius 1 is 0.441 bits per heavy atom. The van der Waals surface area contributed by atoms with Crippen LogP contribution in [0.1, 0.15) is 105 Å². The first kappa shape index (κ1) is 22.3. The molecule has 0 radical (unpaired) electrons. The van der Waals surface area contributed by atoms with Gasteiger partial charge in [-0.25, -0.2) is 0 Å². The topological polar surface area (TPSA) is 6.48 Å². The molecule has 0 spiro atoms. The van der Waals surface area contributed by atoms with Gasteiger partial charge in [-0.05, 0) is 140 Å². The molecule has 8 bridgehead atoms. The van der Waals surface area contributed by atoms with Crippen molar-refractivity contribution in [1.82, 2.24) is 9.80 Å². The van der Waals surface area contributed by atoms with E-state index in [4.69, 9.17) is 0 Å². The van der Waals surface area contributed by atoms with Crippen molar-refractivity contribution in [2.75, 3.05) is 26.2 Å². The number of rotatable bonds is 4. The summed E-state index contributed by atoms with van der Waals surface area (Å²) in [6, 6.07) is 0. The summed E-state index contributed by atoms with van der Waals surface area (Å²) in [5.74, 6) is 6.22. The van der Waals surface area contributed by atoms with Gasteiger partial charge in [0, 0.05) is 48.4 Å². The SMILES string of the molecule is CC(C)=C(N1CCN(C(=C(C)C)C23CC4CC(CC(C4)C2)C3)CC1)C12CC3CC(CC(C3)C1)C2. The van der Waals surface area contributed by atoms with E-state index in [0.717, 1.165) is 35.5 Å². The molecule has 0 amide bonds. The molecular formula is C32H50N2. The van der Waals surface area contributed by atoms with Crippen molar-refractivity contribution < 1.29 is 0 Å². The van der Waals surface area contributed by atoms with Crippen LogP contribution in [0.3, 0.4) is 0 Å². The summed E-state index contributed by atoms with van der Waals surface area (Å²) in [6.07, 6.45) is 18.4. The summed E-state index contributed by atoms with van der Waals surface area (Å²) in [4.78, 5) is 5.81. The summed E-state index contributed by atoms with van der Waals surface area (Å²) >= 11 is 0. The highest BCUT2D eigenvalue weighted by Crippen LogP contribution is 2.65. The van der Waals surface area contributed by atoms with E-state index in [2.05, 4.69) is 37.5 Å². The normalized spacial score (nSPS) is 46.2. The third-order valence-electron chi connectivity index (χ3n) is 11.9. The van der Waals surface area contributed by atoms with Crippen LogP contribution >= 0.6 is 0 Å². The van der Waals surface area contributed by atoms with Crippen molar-refractivity contribution in [2.24, 2.45) is 46.3 Å². The summed E-state index contributed by atoms with van der Waals surface area (Å²) in [5.41, 5.74) is 7.99. The van der Waals surface area contributed by atoms with E-state index in [1.165, 1.54) is 64.7 Å². The van der Waals surface area contributed by atoms with Crippen LogP contribution < -0.4 is 0 Å². The molecule has 8 saturated carbocycles. The number of hydrogen-bond donors (Lipinski definition) is 0. The first-order valence-corrected chi connectivity index (χ1v) is 15.2. The summed E-state index contributed by atoms with van der Waals surface area (Å²) in [7, 11) is 0. The third kappa shape index (κ3) is 3.39. The van der Waals surface area contributed by atoms with Gasteiger partial charge in [0.2, 0.25) is 0 Å². The molecule has 1 saturated heterocycles. The molecule has 8 aliphatic carbocycles. The van der Waals surface area contributed by atoms with Gasteiger partial charge >= 0.3 is 0 Å². The zero-order chi connectivity index (χ0) is 23.2. The van der Waals surface area contributed by atoms with Crippen molar-refractivity contribution in [3.8, 4) is 0 Å². The molecule has 0 unspecified atom stereocenters. The van der Waals surface area contributed by atoms with Crippen LogP contribution in [-0.4, -0.2) is 36.0 Å². The number of piperazine rings is 1. The average Bonchev–Trinajstić information content (AvgIpc) is 2.72. The smallest absolute Gasteiger partial charge is 0.0352 e. The quantitative estimate of drug-likeness (QED) is 0.424. The van der Waals surface area contributed by atoms with Crippen molar-refractivity contribution in [1.29, 1.82) is 0 Å². The Bertz CT molecular complexity index is 745. The highest BCUT2D eigenvalue weighted by atomic mass is 15.3. The maximum Gasteiger partial charge on any atom is 0.0352 e. The predicted octanol–water partition coefficient (Wildman–Crippen LogP) is 7.62. The largest absolute Gasteiger partial charge is 0.371 e. The number of nitrogens with zero attached hydrogens (tertiary/aromatic N) is 2. The zero-order valence-electron chi connectivity index (χ0n) is 22.7. The van der Waals surface area contributed by atoms with Crippen molar-refractivity contribution >= 4 is 0 Å². The van der Waals surface area contributed by atoms with Gasteiger partial charge in [0.25, 0.3) is 0 Å². The molecule has 2 nitrogen and oxygen atoms in total. The minimum atomic E-state index is 0.537. The number of allylic oxidation sites excluding steroid dienone is 4. The fourth-order valence-electron chi connectivity index (χ4n) is 12.3. The molecule has 0 N–H and O–H groups in total. The van der Waals surface area contributed by atoms with E-state index in [0.29, 0.717) is 10.8 Å². The second-order valence-corrected chi connectivity index (χ2v) is 15.1. The molecule has 9 fully saturated rings. The van der Waals surface area contributed by atoms with E-state index < -0.39 is 0 Å². The van der Waals surface area contributed by atoms with Crippen molar-refractivity contribution in [2.45, 2.75) is 105 Å². The van der Waals surface area contributed by atoms with Gasteiger partial charge in [0.1, 0.15) is 0 Å². The molecular weight excluding hydrogens is 412 g/mol. The van der Waals surface area contributed by atoms with Gasteiger partial charge in [-0.3, -0.25) is 0 Å². The van der Waals surface area contributed by atoms with Gasteiger partial charge in [0.05, 0.1) is 0 Å². The van der Waals surface area contributed by atoms with Crippen molar-refractivity contribution in [3.05, 3.63) is 22.5 Å². The minimum Gasteiger partial charge on any atom is -0.371 e. The van der Waals surface area contributed by atoms with Crippen LogP contribution in [0.4, 0.5) is 0 Å². The maximum atomic E-state index is 2.90. The first-order chi connectivity index (χ1) is 16.3. The third-order valence-corrected chi connectivity index (χ3v) is 11.9. The highest BCUT2D eigenvalue weighted by Gasteiger charge is 2.55. The molecule has 2 heteroatoms. The molecule has 9 aliphatic rings. The van der Waals surface area contributed by atoms with E-state index in [-0.39, 0.29) is 0 Å². The Kier molecular flexibility index (Phi) is 5.11. The first-order valence-electron chi connectivity index (χ1n) is 15.2. The Labute approximate surface area is 209 Å². The van der Waals surface area contributed by atoms with Crippen LogP contribution in [0.2, 0.25) is 0 Å². The van der Waals surface area contributed by atoms with Gasteiger partial charge in [0.15, 0.2) is 0 Å². The molecule has 34 heavy (non-hydrogen) atoms. The Morgan fingerprint density at radius 2 is 0.676 bits per heavy atom. The molecule has 188 valence electrons. The van der Waals surface area contributed by atoms with Crippen LogP contribution in [-0.2, 0) is 0 Å². The lowest BCUT2D eigenvalue weighted by Crippen LogP contribution is -2.56. The highest BCUT2D eigenvalue weighted by molar-refractivity contribution is 5.27. The van der Waals surface area contributed by atoms with Gasteiger partial charge in [-0.2, -0.15) is 0 Å². The molecule has 0 aromatic heterocycles.